The first-order valence-corrected chi connectivity index (χ1v) is 11.8. The zero-order valence-corrected chi connectivity index (χ0v) is 19.6. The van der Waals surface area contributed by atoms with Gasteiger partial charge in [-0.15, -0.1) is 0 Å². The van der Waals surface area contributed by atoms with Crippen molar-refractivity contribution in [3.8, 4) is 0 Å². The number of piperazine rings is 1. The Kier molecular flexibility index (Phi) is 7.07. The van der Waals surface area contributed by atoms with Crippen LogP contribution in [0.3, 0.4) is 0 Å². The van der Waals surface area contributed by atoms with Gasteiger partial charge in [-0.25, -0.2) is 0 Å². The molecule has 2 aromatic carbocycles. The lowest BCUT2D eigenvalue weighted by Crippen LogP contribution is -2.51. The lowest BCUT2D eigenvalue weighted by atomic mass is 10.1. The van der Waals surface area contributed by atoms with Crippen LogP contribution >= 0.6 is 24.0 Å². The number of hydrogen-bond donors (Lipinski definition) is 0. The van der Waals surface area contributed by atoms with Crippen molar-refractivity contribution in [1.82, 2.24) is 9.80 Å². The lowest BCUT2D eigenvalue weighted by Gasteiger charge is -2.36. The number of carbonyl (C=O) groups is 2. The van der Waals surface area contributed by atoms with Crippen LogP contribution in [0.4, 0.5) is 5.69 Å². The quantitative estimate of drug-likeness (QED) is 0.492. The average Bonchev–Trinajstić information content (AvgIpc) is 3.07. The van der Waals surface area contributed by atoms with Crippen LogP contribution in [0, 0.1) is 0 Å². The number of benzene rings is 2. The van der Waals surface area contributed by atoms with E-state index in [1.807, 2.05) is 72.5 Å². The number of thioether (sulfide) groups is 1. The Balaban J connectivity index is 1.35. The van der Waals surface area contributed by atoms with E-state index in [2.05, 4.69) is 17.0 Å². The van der Waals surface area contributed by atoms with Crippen LogP contribution in [0.15, 0.2) is 77.2 Å². The molecule has 32 heavy (non-hydrogen) atoms. The van der Waals surface area contributed by atoms with Gasteiger partial charge in [0.2, 0.25) is 5.91 Å². The predicted octanol–water partition coefficient (Wildman–Crippen LogP) is 4.18. The van der Waals surface area contributed by atoms with Crippen molar-refractivity contribution in [2.24, 2.45) is 0 Å². The summed E-state index contributed by atoms with van der Waals surface area (Å²) in [5.74, 6) is -0.260. The van der Waals surface area contributed by atoms with Gasteiger partial charge < -0.3 is 9.80 Å². The minimum absolute atomic E-state index is 0.00517. The number of rotatable bonds is 5. The van der Waals surface area contributed by atoms with Crippen molar-refractivity contribution in [2.75, 3.05) is 37.6 Å². The summed E-state index contributed by atoms with van der Waals surface area (Å²) in [5.41, 5.74) is 3.20. The number of nitrogens with zero attached hydrogens (tertiary/aromatic N) is 3. The van der Waals surface area contributed by atoms with Crippen molar-refractivity contribution in [1.29, 1.82) is 0 Å². The molecule has 2 fully saturated rings. The Hall–Kier alpha value is -2.90. The van der Waals surface area contributed by atoms with Gasteiger partial charge in [-0.05, 0) is 36.3 Å². The normalized spacial score (nSPS) is 18.6. The number of para-hydroxylation sites is 1. The molecule has 2 saturated heterocycles. The highest BCUT2D eigenvalue weighted by Crippen LogP contribution is 2.32. The molecule has 2 heterocycles. The van der Waals surface area contributed by atoms with E-state index in [9.17, 15) is 9.59 Å². The highest BCUT2D eigenvalue weighted by atomic mass is 32.2. The number of amides is 2. The Morgan fingerprint density at radius 1 is 1.00 bits per heavy atom. The fraction of sp³-hybridized carbons (Fsp3) is 0.240. The van der Waals surface area contributed by atoms with Crippen LogP contribution in [0.1, 0.15) is 12.5 Å². The molecule has 0 spiro atoms. The second-order valence-corrected chi connectivity index (χ2v) is 9.45. The molecule has 0 unspecified atom stereocenters. The highest BCUT2D eigenvalue weighted by Gasteiger charge is 2.34. The Morgan fingerprint density at radius 2 is 1.62 bits per heavy atom. The van der Waals surface area contributed by atoms with Gasteiger partial charge in [0.05, 0.1) is 4.91 Å². The summed E-state index contributed by atoms with van der Waals surface area (Å²) in [5, 5.41) is 0. The predicted molar refractivity (Wildman–Crippen MR) is 135 cm³/mol. The van der Waals surface area contributed by atoms with E-state index in [0.717, 1.165) is 24.2 Å². The van der Waals surface area contributed by atoms with Crippen molar-refractivity contribution < 1.29 is 9.59 Å². The first kappa shape index (κ1) is 22.3. The van der Waals surface area contributed by atoms with Crippen molar-refractivity contribution in [2.45, 2.75) is 6.92 Å². The maximum atomic E-state index is 12.9. The third-order valence-electron chi connectivity index (χ3n) is 5.47. The monoisotopic (exact) mass is 463 g/mol. The van der Waals surface area contributed by atoms with Gasteiger partial charge in [0.1, 0.15) is 10.9 Å². The van der Waals surface area contributed by atoms with E-state index >= 15 is 0 Å². The maximum absolute atomic E-state index is 12.9. The zero-order chi connectivity index (χ0) is 22.5. The summed E-state index contributed by atoms with van der Waals surface area (Å²) in [6.07, 6.45) is 3.86. The van der Waals surface area contributed by atoms with E-state index in [-0.39, 0.29) is 18.4 Å². The summed E-state index contributed by atoms with van der Waals surface area (Å²) in [6, 6.07) is 20.1. The fourth-order valence-electron chi connectivity index (χ4n) is 3.79. The summed E-state index contributed by atoms with van der Waals surface area (Å²) in [7, 11) is 0. The molecule has 0 aromatic heterocycles. The summed E-state index contributed by atoms with van der Waals surface area (Å²) in [4.78, 5) is 31.8. The molecule has 0 atom stereocenters. The number of carbonyl (C=O) groups excluding carboxylic acids is 2. The van der Waals surface area contributed by atoms with Crippen molar-refractivity contribution in [3.05, 3.63) is 82.8 Å². The molecule has 0 radical (unpaired) electrons. The first-order valence-electron chi connectivity index (χ1n) is 10.6. The number of hydrogen-bond acceptors (Lipinski definition) is 5. The number of allylic oxidation sites excluding steroid dienone is 2. The molecule has 5 nitrogen and oxygen atoms in total. The van der Waals surface area contributed by atoms with Gasteiger partial charge in [-0.3, -0.25) is 14.5 Å². The molecule has 0 N–H and O–H groups in total. The topological polar surface area (TPSA) is 43.9 Å². The minimum Gasteiger partial charge on any atom is -0.368 e. The van der Waals surface area contributed by atoms with Gasteiger partial charge in [0.15, 0.2) is 0 Å². The van der Waals surface area contributed by atoms with Gasteiger partial charge in [-0.1, -0.05) is 78.6 Å². The van der Waals surface area contributed by atoms with E-state index in [1.165, 1.54) is 22.3 Å². The fourth-order valence-corrected chi connectivity index (χ4v) is 5.09. The SMILES string of the molecule is CC(=C\c1ccccc1)/C=C1/SC(=S)N(CC(=O)N2CCN(c3ccccc3)CC2)C1=O. The molecule has 4 rings (SSSR count). The Morgan fingerprint density at radius 3 is 2.28 bits per heavy atom. The molecule has 2 aliphatic rings. The summed E-state index contributed by atoms with van der Waals surface area (Å²) < 4.78 is 0.435. The third-order valence-corrected chi connectivity index (χ3v) is 6.85. The molecule has 7 heteroatoms. The van der Waals surface area contributed by atoms with Crippen LogP contribution in [-0.4, -0.2) is 58.7 Å². The maximum Gasteiger partial charge on any atom is 0.266 e. The molecule has 0 aliphatic carbocycles. The molecule has 2 aliphatic heterocycles. The minimum atomic E-state index is -0.197. The smallest absolute Gasteiger partial charge is 0.266 e. The second-order valence-electron chi connectivity index (χ2n) is 7.77. The van der Waals surface area contributed by atoms with Crippen LogP contribution in [0.2, 0.25) is 0 Å². The Bertz CT molecular complexity index is 1060. The van der Waals surface area contributed by atoms with Crippen molar-refractivity contribution >= 4 is 51.9 Å². The summed E-state index contributed by atoms with van der Waals surface area (Å²) in [6.45, 7) is 4.77. The molecule has 2 aromatic rings. The standard InChI is InChI=1S/C25H25N3O2S2/c1-19(16-20-8-4-2-5-9-20)17-22-24(30)28(25(31)32-22)18-23(29)27-14-12-26(13-15-27)21-10-6-3-7-11-21/h2-11,16-17H,12-15,18H2,1H3/b19-16+,22-17+. The first-order chi connectivity index (χ1) is 15.5. The van der Waals surface area contributed by atoms with Crippen LogP contribution in [0.25, 0.3) is 6.08 Å². The molecule has 0 bridgehead atoms. The zero-order valence-electron chi connectivity index (χ0n) is 17.9. The van der Waals surface area contributed by atoms with Crippen LogP contribution in [0.5, 0.6) is 0 Å². The van der Waals surface area contributed by atoms with E-state index < -0.39 is 0 Å². The number of thiocarbonyl (C=S) groups is 1. The molecule has 164 valence electrons. The van der Waals surface area contributed by atoms with E-state index in [1.54, 1.807) is 0 Å². The van der Waals surface area contributed by atoms with Gasteiger partial charge in [0, 0.05) is 31.9 Å². The van der Waals surface area contributed by atoms with Gasteiger partial charge in [0.25, 0.3) is 5.91 Å². The van der Waals surface area contributed by atoms with E-state index in [0.29, 0.717) is 22.3 Å². The molecular weight excluding hydrogens is 438 g/mol. The molecular formula is C25H25N3O2S2. The number of anilines is 1. The summed E-state index contributed by atoms with van der Waals surface area (Å²) >= 11 is 6.66. The molecule has 2 amide bonds. The van der Waals surface area contributed by atoms with E-state index in [4.69, 9.17) is 12.2 Å². The molecule has 0 saturated carbocycles. The average molecular weight is 464 g/mol. The van der Waals surface area contributed by atoms with Gasteiger partial charge in [-0.2, -0.15) is 0 Å². The second kappa shape index (κ2) is 10.1. The van der Waals surface area contributed by atoms with Crippen LogP contribution in [-0.2, 0) is 9.59 Å². The highest BCUT2D eigenvalue weighted by molar-refractivity contribution is 8.26. The lowest BCUT2D eigenvalue weighted by molar-refractivity contribution is -0.135. The largest absolute Gasteiger partial charge is 0.368 e. The van der Waals surface area contributed by atoms with Crippen LogP contribution < -0.4 is 4.90 Å². The van der Waals surface area contributed by atoms with Crippen molar-refractivity contribution in [3.63, 3.8) is 0 Å². The van der Waals surface area contributed by atoms with Gasteiger partial charge >= 0.3 is 0 Å². The Labute approximate surface area is 198 Å². The third kappa shape index (κ3) is 5.29.